The first-order chi connectivity index (χ1) is 11.5. The van der Waals surface area contributed by atoms with Gasteiger partial charge >= 0.3 is 0 Å². The predicted molar refractivity (Wildman–Crippen MR) is 89.9 cm³/mol. The predicted octanol–water partition coefficient (Wildman–Crippen LogP) is 2.53. The van der Waals surface area contributed by atoms with Crippen LogP contribution in [0.15, 0.2) is 57.1 Å². The van der Waals surface area contributed by atoms with Crippen LogP contribution in [-0.2, 0) is 16.4 Å². The van der Waals surface area contributed by atoms with Gasteiger partial charge in [-0.05, 0) is 46.8 Å². The Morgan fingerprint density at radius 2 is 2.00 bits per heavy atom. The maximum absolute atomic E-state index is 12.3. The highest BCUT2D eigenvalue weighted by molar-refractivity contribution is 8.00. The fraction of sp³-hybridized carbons (Fsp3) is 0.214. The Hall–Kier alpha value is -1.84. The van der Waals surface area contributed by atoms with Gasteiger partial charge < -0.3 is 4.42 Å². The summed E-state index contributed by atoms with van der Waals surface area (Å²) < 4.78 is 31.4. The van der Waals surface area contributed by atoms with Crippen LogP contribution in [0, 0.1) is 0 Å². The number of halogens is 1. The zero-order chi connectivity index (χ0) is 17.0. The lowest BCUT2D eigenvalue weighted by atomic mass is 10.4. The number of hydrogen-bond donors (Lipinski definition) is 0. The third-order valence-corrected chi connectivity index (χ3v) is 6.34. The van der Waals surface area contributed by atoms with E-state index < -0.39 is 9.84 Å². The van der Waals surface area contributed by atoms with Gasteiger partial charge in [-0.1, -0.05) is 23.4 Å². The molecule has 7 nitrogen and oxygen atoms in total. The highest BCUT2D eigenvalue weighted by Crippen LogP contribution is 2.19. The number of tetrazole rings is 1. The lowest BCUT2D eigenvalue weighted by Gasteiger charge is -2.05. The number of rotatable bonds is 7. The second-order valence-electron chi connectivity index (χ2n) is 4.82. The average Bonchev–Trinajstić information content (AvgIpc) is 3.21. The number of thioether (sulfide) groups is 1. The van der Waals surface area contributed by atoms with Crippen molar-refractivity contribution < 1.29 is 12.8 Å². The van der Waals surface area contributed by atoms with Crippen molar-refractivity contribution >= 4 is 33.2 Å². The number of aromatic nitrogens is 4. The molecule has 0 spiro atoms. The minimum Gasteiger partial charge on any atom is -0.467 e. The second-order valence-corrected chi connectivity index (χ2v) is 8.43. The molecule has 0 aliphatic rings. The first kappa shape index (κ1) is 17.0. The van der Waals surface area contributed by atoms with E-state index in [0.717, 1.165) is 5.76 Å². The zero-order valence-electron chi connectivity index (χ0n) is 12.4. The molecule has 3 aromatic rings. The van der Waals surface area contributed by atoms with Gasteiger partial charge in [-0.3, -0.25) is 0 Å². The molecule has 0 atom stereocenters. The molecule has 24 heavy (non-hydrogen) atoms. The molecule has 0 radical (unpaired) electrons. The Balaban J connectivity index is 1.60. The molecule has 0 bridgehead atoms. The maximum atomic E-state index is 12.3. The number of benzene rings is 1. The van der Waals surface area contributed by atoms with Crippen molar-refractivity contribution in [2.24, 2.45) is 0 Å². The van der Waals surface area contributed by atoms with E-state index in [0.29, 0.717) is 22.5 Å². The molecule has 3 rings (SSSR count). The van der Waals surface area contributed by atoms with Crippen LogP contribution < -0.4 is 0 Å². The monoisotopic (exact) mass is 384 g/mol. The summed E-state index contributed by atoms with van der Waals surface area (Å²) in [6.07, 6.45) is 1.57. The van der Waals surface area contributed by atoms with E-state index in [1.54, 1.807) is 29.1 Å². The zero-order valence-corrected chi connectivity index (χ0v) is 14.8. The van der Waals surface area contributed by atoms with Crippen molar-refractivity contribution in [3.05, 3.63) is 53.4 Å². The SMILES string of the molecule is O=S(=O)(CCSc1nnnn1Cc1ccco1)c1ccc(Cl)cc1. The summed E-state index contributed by atoms with van der Waals surface area (Å²) >= 11 is 7.06. The first-order valence-electron chi connectivity index (χ1n) is 6.94. The Morgan fingerprint density at radius 1 is 1.21 bits per heavy atom. The maximum Gasteiger partial charge on any atom is 0.209 e. The molecular formula is C14H13ClN4O3S2. The summed E-state index contributed by atoms with van der Waals surface area (Å²) in [7, 11) is -3.37. The van der Waals surface area contributed by atoms with Crippen LogP contribution in [0.1, 0.15) is 5.76 Å². The van der Waals surface area contributed by atoms with Crippen LogP contribution in [0.5, 0.6) is 0 Å². The highest BCUT2D eigenvalue weighted by Gasteiger charge is 2.16. The fourth-order valence-electron chi connectivity index (χ4n) is 1.95. The van der Waals surface area contributed by atoms with Crippen LogP contribution in [0.2, 0.25) is 5.02 Å². The van der Waals surface area contributed by atoms with Crippen LogP contribution in [0.25, 0.3) is 0 Å². The van der Waals surface area contributed by atoms with E-state index in [1.165, 1.54) is 23.9 Å². The normalized spacial score (nSPS) is 11.7. The van der Waals surface area contributed by atoms with Crippen molar-refractivity contribution in [1.82, 2.24) is 20.2 Å². The van der Waals surface area contributed by atoms with Crippen molar-refractivity contribution in [2.45, 2.75) is 16.6 Å². The number of hydrogen-bond acceptors (Lipinski definition) is 7. The number of sulfone groups is 1. The third-order valence-electron chi connectivity index (χ3n) is 3.14. The highest BCUT2D eigenvalue weighted by atomic mass is 35.5. The molecule has 0 N–H and O–H groups in total. The van der Waals surface area contributed by atoms with Gasteiger partial charge in [0.15, 0.2) is 9.84 Å². The molecule has 1 aromatic carbocycles. The Labute approximate surface area is 147 Å². The molecule has 0 saturated carbocycles. The van der Waals surface area contributed by atoms with E-state index in [4.69, 9.17) is 16.0 Å². The van der Waals surface area contributed by atoms with Crippen molar-refractivity contribution in [1.29, 1.82) is 0 Å². The smallest absolute Gasteiger partial charge is 0.209 e. The Kier molecular flexibility index (Phi) is 5.22. The van der Waals surface area contributed by atoms with Gasteiger partial charge in [0, 0.05) is 10.8 Å². The van der Waals surface area contributed by atoms with Crippen LogP contribution in [0.4, 0.5) is 0 Å². The van der Waals surface area contributed by atoms with Gasteiger partial charge in [0.05, 0.1) is 16.9 Å². The topological polar surface area (TPSA) is 90.9 Å². The van der Waals surface area contributed by atoms with Gasteiger partial charge in [-0.25, -0.2) is 13.1 Å². The van der Waals surface area contributed by atoms with Crippen LogP contribution in [0.3, 0.4) is 0 Å². The molecular weight excluding hydrogens is 372 g/mol. The van der Waals surface area contributed by atoms with Gasteiger partial charge in [0.1, 0.15) is 12.3 Å². The minimum atomic E-state index is -3.37. The molecule has 2 aromatic heterocycles. The average molecular weight is 385 g/mol. The molecule has 0 fully saturated rings. The number of furan rings is 1. The lowest BCUT2D eigenvalue weighted by Crippen LogP contribution is -2.10. The lowest BCUT2D eigenvalue weighted by molar-refractivity contribution is 0.462. The third kappa shape index (κ3) is 4.16. The Bertz CT molecular complexity index is 893. The molecule has 0 amide bonds. The minimum absolute atomic E-state index is 0.0209. The summed E-state index contributed by atoms with van der Waals surface area (Å²) in [4.78, 5) is 0.252. The molecule has 2 heterocycles. The van der Waals surface area contributed by atoms with E-state index in [1.807, 2.05) is 6.07 Å². The van der Waals surface area contributed by atoms with E-state index in [-0.39, 0.29) is 10.6 Å². The summed E-state index contributed by atoms with van der Waals surface area (Å²) in [5.74, 6) is 1.04. The van der Waals surface area contributed by atoms with Gasteiger partial charge in [0.25, 0.3) is 0 Å². The van der Waals surface area contributed by atoms with Crippen molar-refractivity contribution in [3.8, 4) is 0 Å². The molecule has 0 unspecified atom stereocenters. The van der Waals surface area contributed by atoms with Gasteiger partial charge in [-0.2, -0.15) is 0 Å². The summed E-state index contributed by atoms with van der Waals surface area (Å²) in [5.41, 5.74) is 0. The summed E-state index contributed by atoms with van der Waals surface area (Å²) in [6, 6.07) is 9.73. The number of nitrogens with zero attached hydrogens (tertiary/aromatic N) is 4. The second kappa shape index (κ2) is 7.37. The quantitative estimate of drug-likeness (QED) is 0.578. The van der Waals surface area contributed by atoms with Crippen molar-refractivity contribution in [3.63, 3.8) is 0 Å². The fourth-order valence-corrected chi connectivity index (χ4v) is 4.60. The summed E-state index contributed by atoms with van der Waals surface area (Å²) in [6.45, 7) is 0.395. The van der Waals surface area contributed by atoms with Gasteiger partial charge in [0.2, 0.25) is 5.16 Å². The van der Waals surface area contributed by atoms with E-state index >= 15 is 0 Å². The van der Waals surface area contributed by atoms with Crippen LogP contribution >= 0.6 is 23.4 Å². The molecule has 0 aliphatic heterocycles. The molecule has 0 aliphatic carbocycles. The Morgan fingerprint density at radius 3 is 2.71 bits per heavy atom. The summed E-state index contributed by atoms with van der Waals surface area (Å²) in [5, 5.41) is 12.5. The molecule has 0 saturated heterocycles. The van der Waals surface area contributed by atoms with E-state index in [9.17, 15) is 8.42 Å². The largest absolute Gasteiger partial charge is 0.467 e. The van der Waals surface area contributed by atoms with Crippen LogP contribution in [-0.4, -0.2) is 40.1 Å². The molecule has 10 heteroatoms. The first-order valence-corrected chi connectivity index (χ1v) is 9.96. The molecule has 126 valence electrons. The standard InChI is InChI=1S/C14H13ClN4O3S2/c15-11-3-5-13(6-4-11)24(20,21)9-8-23-14-16-17-18-19(14)10-12-2-1-7-22-12/h1-7H,8-10H2. The van der Waals surface area contributed by atoms with Gasteiger partial charge in [-0.15, -0.1) is 5.10 Å². The van der Waals surface area contributed by atoms with Crippen molar-refractivity contribution in [2.75, 3.05) is 11.5 Å². The van der Waals surface area contributed by atoms with E-state index in [2.05, 4.69) is 15.5 Å².